The standard InChI is InChI=1S/C29H34N4O/c1-4-18-33(19-5-2)29(34)25-20-23(17-16-21(25)6-3)30-28-24-14-10-11-15-26(24)31-27(32-28)22-12-8-7-9-13-22/h7-15,20H,4-6,16-19H2,1-3H3,(H,30,31,32). The van der Waals surface area contributed by atoms with Crippen molar-refractivity contribution in [1.29, 1.82) is 0 Å². The molecule has 0 fully saturated rings. The number of anilines is 1. The van der Waals surface area contributed by atoms with E-state index in [0.29, 0.717) is 5.82 Å². The molecule has 1 heterocycles. The number of para-hydroxylation sites is 1. The van der Waals surface area contributed by atoms with E-state index in [1.165, 1.54) is 5.57 Å². The van der Waals surface area contributed by atoms with Gasteiger partial charge in [-0.05, 0) is 50.3 Å². The topological polar surface area (TPSA) is 58.1 Å². The molecule has 176 valence electrons. The molecule has 0 atom stereocenters. The summed E-state index contributed by atoms with van der Waals surface area (Å²) in [6.45, 7) is 7.98. The lowest BCUT2D eigenvalue weighted by molar-refractivity contribution is -0.127. The minimum atomic E-state index is 0.150. The number of fused-ring (bicyclic) bond motifs is 1. The third-order valence-corrected chi connectivity index (χ3v) is 6.24. The van der Waals surface area contributed by atoms with Gasteiger partial charge in [-0.3, -0.25) is 4.79 Å². The Morgan fingerprint density at radius 1 is 0.912 bits per heavy atom. The van der Waals surface area contributed by atoms with Crippen LogP contribution in [0.15, 0.2) is 77.5 Å². The van der Waals surface area contributed by atoms with E-state index in [-0.39, 0.29) is 5.91 Å². The van der Waals surface area contributed by atoms with Gasteiger partial charge in [0.15, 0.2) is 5.82 Å². The van der Waals surface area contributed by atoms with Gasteiger partial charge in [-0.25, -0.2) is 9.97 Å². The van der Waals surface area contributed by atoms with Crippen LogP contribution < -0.4 is 5.32 Å². The van der Waals surface area contributed by atoms with Gasteiger partial charge in [-0.2, -0.15) is 0 Å². The Kier molecular flexibility index (Phi) is 7.73. The molecule has 0 bridgehead atoms. The number of nitrogens with zero attached hydrogens (tertiary/aromatic N) is 3. The van der Waals surface area contributed by atoms with Crippen LogP contribution in [0.5, 0.6) is 0 Å². The van der Waals surface area contributed by atoms with Crippen molar-refractivity contribution in [1.82, 2.24) is 14.9 Å². The SMILES string of the molecule is CCCN(CCC)C(=O)C1=C(CC)CCC(Nc2nc(-c3ccccc3)nc3ccccc23)=C1. The van der Waals surface area contributed by atoms with Crippen molar-refractivity contribution in [2.45, 2.75) is 52.9 Å². The molecular formula is C29H34N4O. The maximum absolute atomic E-state index is 13.5. The van der Waals surface area contributed by atoms with Gasteiger partial charge in [0, 0.05) is 35.3 Å². The Morgan fingerprint density at radius 3 is 2.32 bits per heavy atom. The molecule has 1 aliphatic carbocycles. The van der Waals surface area contributed by atoms with Crippen molar-refractivity contribution in [3.63, 3.8) is 0 Å². The van der Waals surface area contributed by atoms with Crippen molar-refractivity contribution in [3.8, 4) is 11.4 Å². The quantitative estimate of drug-likeness (QED) is 0.389. The minimum Gasteiger partial charge on any atom is -0.343 e. The van der Waals surface area contributed by atoms with Gasteiger partial charge < -0.3 is 10.2 Å². The number of carbonyl (C=O) groups is 1. The van der Waals surface area contributed by atoms with Crippen molar-refractivity contribution in [2.24, 2.45) is 0 Å². The maximum Gasteiger partial charge on any atom is 0.253 e. The zero-order valence-electron chi connectivity index (χ0n) is 20.5. The van der Waals surface area contributed by atoms with E-state index in [2.05, 4.69) is 32.2 Å². The third kappa shape index (κ3) is 5.19. The number of allylic oxidation sites excluding steroid dienone is 2. The van der Waals surface area contributed by atoms with E-state index in [1.54, 1.807) is 0 Å². The first-order valence-corrected chi connectivity index (χ1v) is 12.5. The maximum atomic E-state index is 13.5. The van der Waals surface area contributed by atoms with Crippen LogP contribution in [-0.4, -0.2) is 33.9 Å². The first-order valence-electron chi connectivity index (χ1n) is 12.5. The van der Waals surface area contributed by atoms with Crippen molar-refractivity contribution in [3.05, 3.63) is 77.5 Å². The lowest BCUT2D eigenvalue weighted by atomic mass is 9.92. The molecule has 1 aromatic heterocycles. The number of rotatable bonds is 9. The Hall–Kier alpha value is -3.47. The van der Waals surface area contributed by atoms with Crippen LogP contribution in [0, 0.1) is 0 Å². The van der Waals surface area contributed by atoms with E-state index in [0.717, 1.165) is 78.7 Å². The number of aromatic nitrogens is 2. The number of amides is 1. The summed E-state index contributed by atoms with van der Waals surface area (Å²) < 4.78 is 0. The van der Waals surface area contributed by atoms with Gasteiger partial charge in [0.25, 0.3) is 5.91 Å². The Balaban J connectivity index is 1.71. The van der Waals surface area contributed by atoms with Gasteiger partial charge in [0.2, 0.25) is 0 Å². The van der Waals surface area contributed by atoms with Crippen LogP contribution in [0.4, 0.5) is 5.82 Å². The van der Waals surface area contributed by atoms with Crippen LogP contribution in [0.2, 0.25) is 0 Å². The number of hydrogen-bond donors (Lipinski definition) is 1. The van der Waals surface area contributed by atoms with E-state index >= 15 is 0 Å². The molecule has 1 N–H and O–H groups in total. The number of carbonyl (C=O) groups excluding carboxylic acids is 1. The summed E-state index contributed by atoms with van der Waals surface area (Å²) in [7, 11) is 0. The van der Waals surface area contributed by atoms with E-state index in [9.17, 15) is 4.79 Å². The number of benzene rings is 2. The molecule has 2 aromatic carbocycles. The largest absolute Gasteiger partial charge is 0.343 e. The van der Waals surface area contributed by atoms with Crippen LogP contribution in [-0.2, 0) is 4.79 Å². The highest BCUT2D eigenvalue weighted by atomic mass is 16.2. The van der Waals surface area contributed by atoms with Crippen molar-refractivity contribution in [2.75, 3.05) is 18.4 Å². The summed E-state index contributed by atoms with van der Waals surface area (Å²) in [6, 6.07) is 18.1. The monoisotopic (exact) mass is 454 g/mol. The zero-order valence-corrected chi connectivity index (χ0v) is 20.5. The molecule has 1 aliphatic rings. The molecule has 0 spiro atoms. The fourth-order valence-electron chi connectivity index (χ4n) is 4.51. The molecule has 1 amide bonds. The highest BCUT2D eigenvalue weighted by Crippen LogP contribution is 2.31. The predicted octanol–water partition coefficient (Wildman–Crippen LogP) is 6.74. The van der Waals surface area contributed by atoms with Gasteiger partial charge in [0.05, 0.1) is 5.52 Å². The van der Waals surface area contributed by atoms with E-state index < -0.39 is 0 Å². The molecule has 0 radical (unpaired) electrons. The summed E-state index contributed by atoms with van der Waals surface area (Å²) in [5.74, 6) is 1.62. The summed E-state index contributed by atoms with van der Waals surface area (Å²) in [4.78, 5) is 25.2. The van der Waals surface area contributed by atoms with Crippen LogP contribution in [0.3, 0.4) is 0 Å². The number of nitrogens with one attached hydrogen (secondary N) is 1. The molecule has 0 unspecified atom stereocenters. The summed E-state index contributed by atoms with van der Waals surface area (Å²) in [5, 5.41) is 4.54. The molecule has 4 rings (SSSR count). The molecule has 0 aliphatic heterocycles. The second-order valence-corrected chi connectivity index (χ2v) is 8.74. The van der Waals surface area contributed by atoms with Gasteiger partial charge in [-0.1, -0.05) is 68.8 Å². The third-order valence-electron chi connectivity index (χ3n) is 6.24. The Bertz CT molecular complexity index is 1210. The molecule has 3 aromatic rings. The smallest absolute Gasteiger partial charge is 0.253 e. The van der Waals surface area contributed by atoms with Gasteiger partial charge in [-0.15, -0.1) is 0 Å². The normalized spacial score (nSPS) is 13.7. The number of hydrogen-bond acceptors (Lipinski definition) is 4. The molecule has 5 nitrogen and oxygen atoms in total. The van der Waals surface area contributed by atoms with Gasteiger partial charge >= 0.3 is 0 Å². The van der Waals surface area contributed by atoms with Crippen LogP contribution in [0.25, 0.3) is 22.3 Å². The van der Waals surface area contributed by atoms with Crippen LogP contribution in [0.1, 0.15) is 52.9 Å². The molecule has 0 saturated carbocycles. The summed E-state index contributed by atoms with van der Waals surface area (Å²) in [5.41, 5.74) is 4.99. The van der Waals surface area contributed by atoms with Crippen molar-refractivity contribution < 1.29 is 4.79 Å². The fourth-order valence-corrected chi connectivity index (χ4v) is 4.51. The van der Waals surface area contributed by atoms with E-state index in [1.807, 2.05) is 59.5 Å². The lowest BCUT2D eigenvalue weighted by Gasteiger charge is -2.26. The molecule has 0 saturated heterocycles. The molecular weight excluding hydrogens is 420 g/mol. The first kappa shape index (κ1) is 23.7. The van der Waals surface area contributed by atoms with Crippen molar-refractivity contribution >= 4 is 22.6 Å². The second kappa shape index (κ2) is 11.1. The first-order chi connectivity index (χ1) is 16.6. The molecule has 5 heteroatoms. The fraction of sp³-hybridized carbons (Fsp3) is 0.345. The highest BCUT2D eigenvalue weighted by Gasteiger charge is 2.23. The van der Waals surface area contributed by atoms with E-state index in [4.69, 9.17) is 9.97 Å². The van der Waals surface area contributed by atoms with Crippen LogP contribution >= 0.6 is 0 Å². The Labute approximate surface area is 202 Å². The summed E-state index contributed by atoms with van der Waals surface area (Å²) in [6.07, 6.45) is 6.63. The second-order valence-electron chi connectivity index (χ2n) is 8.74. The average molecular weight is 455 g/mol. The highest BCUT2D eigenvalue weighted by molar-refractivity contribution is 5.98. The average Bonchev–Trinajstić information content (AvgIpc) is 2.88. The predicted molar refractivity (Wildman–Crippen MR) is 140 cm³/mol. The minimum absolute atomic E-state index is 0.150. The van der Waals surface area contributed by atoms with Gasteiger partial charge in [0.1, 0.15) is 5.82 Å². The summed E-state index contributed by atoms with van der Waals surface area (Å²) >= 11 is 0. The molecule has 34 heavy (non-hydrogen) atoms. The zero-order chi connectivity index (χ0) is 23.9. The lowest BCUT2D eigenvalue weighted by Crippen LogP contribution is -2.34. The Morgan fingerprint density at radius 2 is 1.62 bits per heavy atom.